The predicted molar refractivity (Wildman–Crippen MR) is 153 cm³/mol. The quantitative estimate of drug-likeness (QED) is 0.0624. The predicted octanol–water partition coefficient (Wildman–Crippen LogP) is 5.04. The number of thioether (sulfide) groups is 2. The molecule has 12 nitrogen and oxygen atoms in total. The SMILES string of the molecule is Cc1ccnc(SCc2ccccn2)n1.Cc1ccnc(SCc2ccccn2)n1.O=S(=O)([O-])C(F)(F)F.O=S(=O)([O-])C(F)(F)F.[Ag+].[Ag+]. The van der Waals surface area contributed by atoms with Gasteiger partial charge in [0.05, 0.1) is 11.4 Å². The van der Waals surface area contributed by atoms with Crippen LogP contribution in [0, 0.1) is 13.8 Å². The van der Waals surface area contributed by atoms with Crippen LogP contribution in [-0.4, -0.2) is 66.9 Å². The van der Waals surface area contributed by atoms with E-state index in [4.69, 9.17) is 25.9 Å². The normalized spacial score (nSPS) is 11.0. The average molecular weight is 948 g/mol. The van der Waals surface area contributed by atoms with E-state index in [1.165, 1.54) is 0 Å². The zero-order valence-electron chi connectivity index (χ0n) is 24.0. The summed E-state index contributed by atoms with van der Waals surface area (Å²) in [5, 5.41) is 1.61. The molecule has 0 N–H and O–H groups in total. The van der Waals surface area contributed by atoms with Crippen molar-refractivity contribution in [2.24, 2.45) is 0 Å². The maximum atomic E-state index is 10.7. The first kappa shape index (κ1) is 48.2. The smallest absolute Gasteiger partial charge is 0.741 e. The van der Waals surface area contributed by atoms with Gasteiger partial charge in [-0.05, 0) is 50.2 Å². The van der Waals surface area contributed by atoms with Gasteiger partial charge in [-0.2, -0.15) is 26.3 Å². The van der Waals surface area contributed by atoms with Gasteiger partial charge in [-0.15, -0.1) is 0 Å². The van der Waals surface area contributed by atoms with Crippen LogP contribution in [0.3, 0.4) is 0 Å². The number of aryl methyl sites for hydroxylation is 2. The molecule has 4 heterocycles. The molecule has 0 bridgehead atoms. The van der Waals surface area contributed by atoms with Crippen molar-refractivity contribution in [2.75, 3.05) is 0 Å². The van der Waals surface area contributed by atoms with Gasteiger partial charge in [0.15, 0.2) is 30.5 Å². The molecule has 272 valence electrons. The Kier molecular flexibility index (Phi) is 22.8. The summed E-state index contributed by atoms with van der Waals surface area (Å²) in [6.07, 6.45) is 7.16. The van der Waals surface area contributed by atoms with Crippen LogP contribution >= 0.6 is 23.5 Å². The van der Waals surface area contributed by atoms with Gasteiger partial charge in [-0.25, -0.2) is 36.8 Å². The minimum Gasteiger partial charge on any atom is -0.741 e. The Labute approximate surface area is 311 Å². The monoisotopic (exact) mass is 946 g/mol. The molecule has 0 spiro atoms. The molecule has 0 aromatic carbocycles. The third-order valence-corrected chi connectivity index (χ3v) is 7.19. The molecule has 0 aliphatic rings. The second-order valence-electron chi connectivity index (χ2n) is 7.98. The maximum Gasteiger partial charge on any atom is 1.00 e. The molecule has 24 heteroatoms. The molecule has 0 saturated heterocycles. The van der Waals surface area contributed by atoms with Crippen molar-refractivity contribution in [3.63, 3.8) is 0 Å². The van der Waals surface area contributed by atoms with Crippen LogP contribution < -0.4 is 0 Å². The van der Waals surface area contributed by atoms with E-state index in [0.717, 1.165) is 44.6 Å². The molecule has 4 aromatic rings. The third kappa shape index (κ3) is 21.2. The zero-order valence-corrected chi connectivity index (χ0v) is 30.2. The van der Waals surface area contributed by atoms with E-state index in [-0.39, 0.29) is 44.8 Å². The van der Waals surface area contributed by atoms with Crippen molar-refractivity contribution < 1.29 is 97.0 Å². The van der Waals surface area contributed by atoms with Crippen molar-refractivity contribution in [3.8, 4) is 0 Å². The number of nitrogens with zero attached hydrogens (tertiary/aromatic N) is 6. The second kappa shape index (κ2) is 22.7. The van der Waals surface area contributed by atoms with Crippen LogP contribution in [0.15, 0.2) is 83.6 Å². The molecule has 0 radical (unpaired) electrons. The molecule has 0 unspecified atom stereocenters. The molecule has 4 rings (SSSR count). The fourth-order valence-corrected chi connectivity index (χ4v) is 3.82. The second-order valence-corrected chi connectivity index (χ2v) is 12.6. The Morgan fingerprint density at radius 2 is 0.896 bits per heavy atom. The number of alkyl halides is 6. The molecule has 48 heavy (non-hydrogen) atoms. The average Bonchev–Trinajstić information content (AvgIpc) is 2.95. The molecule has 0 saturated carbocycles. The van der Waals surface area contributed by atoms with E-state index in [1.54, 1.807) is 48.3 Å². The summed E-state index contributed by atoms with van der Waals surface area (Å²) in [6, 6.07) is 15.6. The largest absolute Gasteiger partial charge is 1.00 e. The van der Waals surface area contributed by atoms with Gasteiger partial charge in [0.1, 0.15) is 0 Å². The Hall–Kier alpha value is -1.96. The number of halogens is 6. The summed E-state index contributed by atoms with van der Waals surface area (Å²) in [5.41, 5.74) is -7.21. The Morgan fingerprint density at radius 1 is 0.583 bits per heavy atom. The topological polar surface area (TPSA) is 192 Å². The fraction of sp³-hybridized carbons (Fsp3) is 0.250. The molecular weight excluding hydrogens is 926 g/mol. The van der Waals surface area contributed by atoms with Crippen LogP contribution in [0.25, 0.3) is 0 Å². The first-order valence-corrected chi connectivity index (χ1v) is 16.7. The molecule has 0 fully saturated rings. The van der Waals surface area contributed by atoms with Gasteiger partial charge in [0, 0.05) is 47.7 Å². The van der Waals surface area contributed by atoms with E-state index in [9.17, 15) is 26.3 Å². The van der Waals surface area contributed by atoms with E-state index in [0.29, 0.717) is 0 Å². The molecule has 0 atom stereocenters. The Morgan fingerprint density at radius 3 is 1.12 bits per heavy atom. The summed E-state index contributed by atoms with van der Waals surface area (Å²) in [7, 11) is -12.2. The van der Waals surface area contributed by atoms with Crippen LogP contribution in [0.2, 0.25) is 0 Å². The minimum absolute atomic E-state index is 0. The van der Waals surface area contributed by atoms with E-state index in [1.807, 2.05) is 62.4 Å². The number of rotatable bonds is 6. The summed E-state index contributed by atoms with van der Waals surface area (Å²) in [5.74, 6) is 1.62. The third-order valence-electron chi connectivity index (χ3n) is 4.26. The first-order chi connectivity index (χ1) is 21.2. The van der Waals surface area contributed by atoms with E-state index < -0.39 is 31.3 Å². The van der Waals surface area contributed by atoms with Crippen molar-refractivity contribution in [1.82, 2.24) is 29.9 Å². The molecule has 0 aliphatic heterocycles. The van der Waals surface area contributed by atoms with Crippen LogP contribution in [0.4, 0.5) is 26.3 Å². The van der Waals surface area contributed by atoms with Gasteiger partial charge in [-0.3, -0.25) is 9.97 Å². The number of hydrogen-bond acceptors (Lipinski definition) is 14. The maximum absolute atomic E-state index is 10.7. The summed E-state index contributed by atoms with van der Waals surface area (Å²) in [6.45, 7) is 3.93. The molecular formula is C24H22Ag2F6N6O6S4. The van der Waals surface area contributed by atoms with Crippen LogP contribution in [-0.2, 0) is 76.5 Å². The standard InChI is InChI=1S/2C11H11N3S.2CHF3O3S.2Ag/c2*1-9-5-7-13-11(14-9)15-8-10-4-2-3-6-12-10;2*2-1(3,4)8(5,6)7;;/h2*2-7H,8H2,1H3;2*(H,5,6,7);;/q;;;;2*+1/p-2. The summed E-state index contributed by atoms with van der Waals surface area (Å²) < 4.78 is 118. The van der Waals surface area contributed by atoms with Crippen molar-refractivity contribution in [1.29, 1.82) is 0 Å². The zero-order chi connectivity index (χ0) is 35.0. The van der Waals surface area contributed by atoms with Gasteiger partial charge in [-0.1, -0.05) is 35.7 Å². The minimum atomic E-state index is -6.09. The van der Waals surface area contributed by atoms with Crippen molar-refractivity contribution in [3.05, 3.63) is 96.1 Å². The number of hydrogen-bond donors (Lipinski definition) is 0. The Bertz CT molecular complexity index is 1590. The van der Waals surface area contributed by atoms with Crippen molar-refractivity contribution in [2.45, 2.75) is 46.7 Å². The summed E-state index contributed by atoms with van der Waals surface area (Å²) in [4.78, 5) is 25.5. The van der Waals surface area contributed by atoms with Crippen molar-refractivity contribution >= 4 is 43.8 Å². The van der Waals surface area contributed by atoms with Crippen LogP contribution in [0.5, 0.6) is 0 Å². The number of aromatic nitrogens is 6. The van der Waals surface area contributed by atoms with Gasteiger partial charge in [0.2, 0.25) is 0 Å². The van der Waals surface area contributed by atoms with E-state index in [2.05, 4.69) is 29.9 Å². The number of pyridine rings is 2. The Balaban J connectivity index is 0. The van der Waals surface area contributed by atoms with Gasteiger partial charge in [0.25, 0.3) is 0 Å². The van der Waals surface area contributed by atoms with Crippen LogP contribution in [0.1, 0.15) is 22.8 Å². The molecule has 0 amide bonds. The molecule has 0 aliphatic carbocycles. The first-order valence-electron chi connectivity index (χ1n) is 11.9. The van der Waals surface area contributed by atoms with Gasteiger partial charge < -0.3 is 9.11 Å². The van der Waals surface area contributed by atoms with E-state index >= 15 is 0 Å². The van der Waals surface area contributed by atoms with Gasteiger partial charge >= 0.3 is 55.8 Å². The fourth-order valence-electron chi connectivity index (χ4n) is 2.23. The molecule has 4 aromatic heterocycles. The summed E-state index contributed by atoms with van der Waals surface area (Å²) >= 11 is 3.21.